The van der Waals surface area contributed by atoms with E-state index in [1.807, 2.05) is 0 Å². The number of carbonyl (C=O) groups excluding carboxylic acids is 1. The zero-order chi connectivity index (χ0) is 14.2. The summed E-state index contributed by atoms with van der Waals surface area (Å²) in [6.07, 6.45) is 6.14. The monoisotopic (exact) mass is 266 g/mol. The van der Waals surface area contributed by atoms with E-state index >= 15 is 0 Å². The summed E-state index contributed by atoms with van der Waals surface area (Å²) in [5, 5.41) is 3.54. The van der Waals surface area contributed by atoms with Crippen LogP contribution < -0.4 is 5.32 Å². The second-order valence-electron chi connectivity index (χ2n) is 7.47. The van der Waals surface area contributed by atoms with Crippen molar-refractivity contribution in [2.75, 3.05) is 0 Å². The minimum atomic E-state index is 0.0231. The molecule has 0 bridgehead atoms. The van der Waals surface area contributed by atoms with Crippen LogP contribution in [-0.2, 0) is 4.79 Å². The van der Waals surface area contributed by atoms with Gasteiger partial charge in [0.05, 0.1) is 12.2 Å². The first-order valence-corrected chi connectivity index (χ1v) is 7.94. The van der Waals surface area contributed by atoms with Gasteiger partial charge in [0.1, 0.15) is 0 Å². The van der Waals surface area contributed by atoms with E-state index in [0.717, 1.165) is 12.8 Å². The minimum Gasteiger partial charge on any atom is -0.323 e. The Morgan fingerprint density at radius 2 is 2.11 bits per heavy atom. The smallest absolute Gasteiger partial charge is 0.241 e. The maximum absolute atomic E-state index is 12.7. The summed E-state index contributed by atoms with van der Waals surface area (Å²) in [4.78, 5) is 14.9. The van der Waals surface area contributed by atoms with Crippen LogP contribution in [0.3, 0.4) is 0 Å². The molecule has 1 heterocycles. The second-order valence-corrected chi connectivity index (χ2v) is 7.47. The Morgan fingerprint density at radius 3 is 2.63 bits per heavy atom. The van der Waals surface area contributed by atoms with Crippen LogP contribution in [0.5, 0.6) is 0 Å². The summed E-state index contributed by atoms with van der Waals surface area (Å²) in [7, 11) is 0. The number of nitrogens with one attached hydrogen (secondary N) is 1. The molecule has 0 aromatic rings. The Kier molecular flexibility index (Phi) is 4.24. The van der Waals surface area contributed by atoms with Gasteiger partial charge in [-0.05, 0) is 37.0 Å². The zero-order valence-electron chi connectivity index (χ0n) is 13.2. The van der Waals surface area contributed by atoms with E-state index in [-0.39, 0.29) is 12.2 Å². The Hall–Kier alpha value is -0.570. The molecule has 1 N–H and O–H groups in total. The van der Waals surface area contributed by atoms with Gasteiger partial charge in [0, 0.05) is 6.04 Å². The van der Waals surface area contributed by atoms with Gasteiger partial charge in [0.15, 0.2) is 0 Å². The summed E-state index contributed by atoms with van der Waals surface area (Å²) in [6, 6.07) is 0.465. The molecule has 1 aliphatic heterocycles. The fraction of sp³-hybridized carbons (Fsp3) is 0.938. The lowest BCUT2D eigenvalue weighted by molar-refractivity contribution is -0.134. The quantitative estimate of drug-likeness (QED) is 0.851. The van der Waals surface area contributed by atoms with Gasteiger partial charge in [-0.15, -0.1) is 0 Å². The number of amides is 1. The van der Waals surface area contributed by atoms with Crippen LogP contribution in [0.2, 0.25) is 0 Å². The zero-order valence-corrected chi connectivity index (χ0v) is 13.2. The lowest BCUT2D eigenvalue weighted by atomic mass is 9.74. The van der Waals surface area contributed by atoms with E-state index in [1.165, 1.54) is 19.3 Å². The summed E-state index contributed by atoms with van der Waals surface area (Å²) in [6.45, 7) is 11.1. The highest BCUT2D eigenvalue weighted by molar-refractivity contribution is 5.85. The van der Waals surface area contributed by atoms with E-state index in [2.05, 4.69) is 44.8 Å². The molecule has 1 saturated carbocycles. The molecule has 110 valence electrons. The van der Waals surface area contributed by atoms with Crippen LogP contribution in [0.15, 0.2) is 0 Å². The van der Waals surface area contributed by atoms with E-state index in [9.17, 15) is 4.79 Å². The van der Waals surface area contributed by atoms with Crippen molar-refractivity contribution in [2.24, 2.45) is 11.3 Å². The van der Waals surface area contributed by atoms with E-state index in [4.69, 9.17) is 0 Å². The second kappa shape index (κ2) is 5.43. The van der Waals surface area contributed by atoms with Gasteiger partial charge in [-0.25, -0.2) is 0 Å². The first-order chi connectivity index (χ1) is 8.85. The van der Waals surface area contributed by atoms with Crippen molar-refractivity contribution in [3.05, 3.63) is 0 Å². The molecule has 1 amide bonds. The van der Waals surface area contributed by atoms with Crippen molar-refractivity contribution in [3.8, 4) is 0 Å². The Labute approximate surface area is 118 Å². The molecular weight excluding hydrogens is 236 g/mol. The lowest BCUT2D eigenvalue weighted by Crippen LogP contribution is -2.47. The van der Waals surface area contributed by atoms with Gasteiger partial charge in [-0.1, -0.05) is 41.0 Å². The molecule has 1 aliphatic carbocycles. The highest BCUT2D eigenvalue weighted by atomic mass is 16.2. The molecule has 3 nitrogen and oxygen atoms in total. The predicted molar refractivity (Wildman–Crippen MR) is 78.7 cm³/mol. The van der Waals surface area contributed by atoms with Crippen LogP contribution in [0.4, 0.5) is 0 Å². The molecule has 2 rings (SSSR count). The van der Waals surface area contributed by atoms with Crippen molar-refractivity contribution in [1.29, 1.82) is 0 Å². The molecule has 3 unspecified atom stereocenters. The van der Waals surface area contributed by atoms with Gasteiger partial charge in [-0.2, -0.15) is 0 Å². The Balaban J connectivity index is 2.15. The van der Waals surface area contributed by atoms with Gasteiger partial charge >= 0.3 is 0 Å². The maximum atomic E-state index is 12.7. The molecule has 0 radical (unpaired) electrons. The van der Waals surface area contributed by atoms with Gasteiger partial charge in [0.2, 0.25) is 5.91 Å². The number of hydrogen-bond acceptors (Lipinski definition) is 2. The van der Waals surface area contributed by atoms with Gasteiger partial charge in [0.25, 0.3) is 0 Å². The first-order valence-electron chi connectivity index (χ1n) is 7.94. The number of hydrogen-bond donors (Lipinski definition) is 1. The van der Waals surface area contributed by atoms with E-state index in [1.54, 1.807) is 0 Å². The predicted octanol–water partition coefficient (Wildman–Crippen LogP) is 3.15. The van der Waals surface area contributed by atoms with Crippen molar-refractivity contribution in [3.63, 3.8) is 0 Å². The Bertz CT molecular complexity index is 338. The molecule has 0 aromatic heterocycles. The van der Waals surface area contributed by atoms with E-state index in [0.29, 0.717) is 23.3 Å². The standard InChI is InChI=1S/C16H30N2O/c1-6-13-17-14(11(2)3)15(19)18(13)12-8-7-9-16(4,5)10-12/h11-14,17H,6-10H2,1-5H3. The molecule has 0 spiro atoms. The number of nitrogens with zero attached hydrogens (tertiary/aromatic N) is 1. The summed E-state index contributed by atoms with van der Waals surface area (Å²) in [5.41, 5.74) is 0.386. The summed E-state index contributed by atoms with van der Waals surface area (Å²) < 4.78 is 0. The van der Waals surface area contributed by atoms with Crippen LogP contribution in [-0.4, -0.2) is 29.1 Å². The fourth-order valence-corrected chi connectivity index (χ4v) is 3.80. The van der Waals surface area contributed by atoms with Crippen molar-refractivity contribution >= 4 is 5.91 Å². The van der Waals surface area contributed by atoms with Gasteiger partial charge < -0.3 is 4.90 Å². The van der Waals surface area contributed by atoms with Crippen LogP contribution in [0.25, 0.3) is 0 Å². The van der Waals surface area contributed by atoms with Gasteiger partial charge in [-0.3, -0.25) is 10.1 Å². The molecule has 0 aromatic carbocycles. The van der Waals surface area contributed by atoms with E-state index < -0.39 is 0 Å². The Morgan fingerprint density at radius 1 is 1.42 bits per heavy atom. The molecular formula is C16H30N2O. The van der Waals surface area contributed by atoms with Crippen LogP contribution >= 0.6 is 0 Å². The molecule has 2 fully saturated rings. The van der Waals surface area contributed by atoms with Crippen molar-refractivity contribution in [2.45, 2.75) is 85.0 Å². The van der Waals surface area contributed by atoms with Crippen LogP contribution in [0.1, 0.15) is 66.7 Å². The average molecular weight is 266 g/mol. The lowest BCUT2D eigenvalue weighted by Gasteiger charge is -2.41. The number of carbonyl (C=O) groups is 1. The summed E-state index contributed by atoms with van der Waals surface area (Å²) in [5.74, 6) is 0.715. The highest BCUT2D eigenvalue weighted by Crippen LogP contribution is 2.39. The van der Waals surface area contributed by atoms with Crippen LogP contribution in [0, 0.1) is 11.3 Å². The highest BCUT2D eigenvalue weighted by Gasteiger charge is 2.44. The average Bonchev–Trinajstić information content (AvgIpc) is 2.65. The third-order valence-electron chi connectivity index (χ3n) is 4.85. The topological polar surface area (TPSA) is 32.3 Å². The molecule has 1 saturated heterocycles. The van der Waals surface area contributed by atoms with Crippen molar-refractivity contribution < 1.29 is 4.79 Å². The fourth-order valence-electron chi connectivity index (χ4n) is 3.80. The molecule has 2 aliphatic rings. The normalized spacial score (nSPS) is 35.2. The SMILES string of the molecule is CCC1NC(C(C)C)C(=O)N1C1CCCC(C)(C)C1. The number of rotatable bonds is 3. The first kappa shape index (κ1) is 14.8. The largest absolute Gasteiger partial charge is 0.323 e. The molecule has 3 atom stereocenters. The summed E-state index contributed by atoms with van der Waals surface area (Å²) >= 11 is 0. The minimum absolute atomic E-state index is 0.0231. The van der Waals surface area contributed by atoms with Crippen molar-refractivity contribution in [1.82, 2.24) is 10.2 Å². The third-order valence-corrected chi connectivity index (χ3v) is 4.85. The maximum Gasteiger partial charge on any atom is 0.241 e. The molecule has 3 heteroatoms. The molecule has 19 heavy (non-hydrogen) atoms. The third kappa shape index (κ3) is 2.96.